The number of ketones is 1. The molecule has 3 aromatic carbocycles. The van der Waals surface area contributed by atoms with Crippen molar-refractivity contribution < 1.29 is 14.2 Å². The number of aryl methyl sites for hydroxylation is 2. The molecule has 6 heteroatoms. The first-order chi connectivity index (χ1) is 14.1. The molecule has 0 radical (unpaired) electrons. The molecule has 0 fully saturated rings. The number of halogens is 2. The van der Waals surface area contributed by atoms with Crippen LogP contribution in [0.5, 0.6) is 0 Å². The summed E-state index contributed by atoms with van der Waals surface area (Å²) in [5.41, 5.74) is 4.11. The Kier molecular flexibility index (Phi) is 6.67. The maximum atomic E-state index is 13.4. The molecule has 0 aliphatic carbocycles. The highest BCUT2D eigenvalue weighted by Crippen LogP contribution is 2.37. The summed E-state index contributed by atoms with van der Waals surface area (Å²) in [6, 6.07) is 13.5. The average Bonchev–Trinajstić information content (AvgIpc) is 2.72. The molecule has 154 valence electrons. The third-order valence-corrected chi connectivity index (χ3v) is 8.05. The lowest BCUT2D eigenvalue weighted by atomic mass is 9.95. The Labute approximate surface area is 186 Å². The van der Waals surface area contributed by atoms with E-state index in [1.165, 1.54) is 12.1 Å². The molecule has 0 spiro atoms. The first-order valence-electron chi connectivity index (χ1n) is 9.39. The Balaban J connectivity index is 2.11. The molecule has 0 bridgehead atoms. The fourth-order valence-electron chi connectivity index (χ4n) is 3.54. The van der Waals surface area contributed by atoms with Crippen LogP contribution < -0.4 is 5.30 Å². The van der Waals surface area contributed by atoms with Gasteiger partial charge < -0.3 is 4.57 Å². The monoisotopic (exact) mass is 458 g/mol. The predicted molar refractivity (Wildman–Crippen MR) is 125 cm³/mol. The second-order valence-corrected chi connectivity index (χ2v) is 9.67. The number of hydrogen-bond acceptors (Lipinski definition) is 3. The van der Waals surface area contributed by atoms with E-state index in [1.807, 2.05) is 33.8 Å². The van der Waals surface area contributed by atoms with Gasteiger partial charge in [-0.15, -0.1) is 0 Å². The lowest BCUT2D eigenvalue weighted by molar-refractivity contribution is 0.103. The summed E-state index contributed by atoms with van der Waals surface area (Å²) < 4.78 is 13.4. The zero-order chi connectivity index (χ0) is 22.2. The van der Waals surface area contributed by atoms with Crippen LogP contribution in [0, 0.1) is 27.7 Å². The van der Waals surface area contributed by atoms with Gasteiger partial charge in [0.1, 0.15) is 0 Å². The van der Waals surface area contributed by atoms with E-state index in [-0.39, 0.29) is 26.7 Å². The van der Waals surface area contributed by atoms with E-state index in [4.69, 9.17) is 23.2 Å². The first kappa shape index (κ1) is 22.5. The van der Waals surface area contributed by atoms with E-state index in [0.717, 1.165) is 22.3 Å². The van der Waals surface area contributed by atoms with Crippen LogP contribution in [0.4, 0.5) is 0 Å². The molecule has 0 N–H and O–H groups in total. The van der Waals surface area contributed by atoms with Crippen LogP contribution in [0.1, 0.15) is 48.5 Å². The number of hydrogen-bond donors (Lipinski definition) is 0. The van der Waals surface area contributed by atoms with Gasteiger partial charge in [-0.25, -0.2) is 0 Å². The zero-order valence-corrected chi connectivity index (χ0v) is 19.6. The molecule has 0 aliphatic rings. The van der Waals surface area contributed by atoms with Crippen LogP contribution in [-0.2, 0) is 4.57 Å². The summed E-state index contributed by atoms with van der Waals surface area (Å²) >= 11 is 12.8. The molecule has 3 nitrogen and oxygen atoms in total. The zero-order valence-electron chi connectivity index (χ0n) is 17.1. The van der Waals surface area contributed by atoms with E-state index >= 15 is 0 Å². The Hall–Kier alpha value is -2.19. The summed E-state index contributed by atoms with van der Waals surface area (Å²) in [6.45, 7) is 7.56. The largest absolute Gasteiger partial charge is 0.313 e. The van der Waals surface area contributed by atoms with Gasteiger partial charge in [0, 0.05) is 16.7 Å². The topological polar surface area (TPSA) is 51.2 Å². The lowest BCUT2D eigenvalue weighted by Crippen LogP contribution is -2.14. The van der Waals surface area contributed by atoms with Gasteiger partial charge in [-0.05, 0) is 62.1 Å². The summed E-state index contributed by atoms with van der Waals surface area (Å²) in [5, 5.41) is 0.112. The molecule has 0 amide bonds. The van der Waals surface area contributed by atoms with Gasteiger partial charge in [0.25, 0.3) is 0 Å². The number of carbonyl (C=O) groups is 2. The Morgan fingerprint density at radius 3 is 2.10 bits per heavy atom. The van der Waals surface area contributed by atoms with Gasteiger partial charge in [0.05, 0.1) is 15.3 Å². The quantitative estimate of drug-likeness (QED) is 0.324. The van der Waals surface area contributed by atoms with Crippen LogP contribution in [0.2, 0.25) is 10.0 Å². The number of rotatable bonds is 5. The van der Waals surface area contributed by atoms with E-state index < -0.39 is 13.3 Å². The fourth-order valence-corrected chi connectivity index (χ4v) is 5.99. The minimum absolute atomic E-state index is 0.0344. The van der Waals surface area contributed by atoms with E-state index in [2.05, 4.69) is 0 Å². The molecular formula is C24H21Cl2O3P. The van der Waals surface area contributed by atoms with Crippen molar-refractivity contribution in [1.29, 1.82) is 0 Å². The van der Waals surface area contributed by atoms with Gasteiger partial charge in [0.2, 0.25) is 5.52 Å². The highest BCUT2D eigenvalue weighted by atomic mass is 35.5. The smallest absolute Gasteiger partial charge is 0.223 e. The maximum Gasteiger partial charge on any atom is 0.223 e. The van der Waals surface area contributed by atoms with Crippen molar-refractivity contribution in [3.8, 4) is 0 Å². The van der Waals surface area contributed by atoms with Gasteiger partial charge in [-0.2, -0.15) is 0 Å². The fraction of sp³-hybridized carbons (Fsp3) is 0.167. The highest BCUT2D eigenvalue weighted by molar-refractivity contribution is 7.72. The second-order valence-electron chi connectivity index (χ2n) is 7.27. The normalized spacial score (nSPS) is 11.9. The minimum Gasteiger partial charge on any atom is -0.313 e. The third-order valence-electron chi connectivity index (χ3n) is 5.39. The molecule has 3 rings (SSSR count). The van der Waals surface area contributed by atoms with Crippen molar-refractivity contribution in [1.82, 2.24) is 0 Å². The minimum atomic E-state index is -3.07. The molecule has 30 heavy (non-hydrogen) atoms. The average molecular weight is 459 g/mol. The van der Waals surface area contributed by atoms with Crippen LogP contribution in [0.15, 0.2) is 48.5 Å². The third kappa shape index (κ3) is 4.03. The second kappa shape index (κ2) is 8.89. The molecule has 0 aliphatic heterocycles. The first-order valence-corrected chi connectivity index (χ1v) is 11.6. The molecule has 1 unspecified atom stereocenters. The standard InChI is InChI=1S/C24H21Cl2O3P/c1-13-12-14(2)20(16(4)15(13)3)24(28)30(29)23-19(25)11-10-18(21(23)26)22(27)17-8-6-5-7-9-17/h5-12,30H,1-4H3. The van der Waals surface area contributed by atoms with E-state index in [9.17, 15) is 14.2 Å². The summed E-state index contributed by atoms with van der Waals surface area (Å²) in [6.07, 6.45) is 0. The van der Waals surface area contributed by atoms with Crippen molar-refractivity contribution in [2.45, 2.75) is 27.7 Å². The molecule has 0 aromatic heterocycles. The molecular weight excluding hydrogens is 438 g/mol. The molecule has 3 aromatic rings. The lowest BCUT2D eigenvalue weighted by Gasteiger charge is -2.16. The van der Waals surface area contributed by atoms with Crippen molar-refractivity contribution in [3.05, 3.63) is 97.5 Å². The molecule has 0 saturated heterocycles. The summed E-state index contributed by atoms with van der Waals surface area (Å²) in [5.74, 6) is -0.320. The Bertz CT molecular complexity index is 1200. The van der Waals surface area contributed by atoms with E-state index in [1.54, 1.807) is 30.3 Å². The van der Waals surface area contributed by atoms with Crippen molar-refractivity contribution in [2.24, 2.45) is 0 Å². The maximum absolute atomic E-state index is 13.4. The van der Waals surface area contributed by atoms with Crippen molar-refractivity contribution in [3.63, 3.8) is 0 Å². The molecule has 0 saturated carbocycles. The van der Waals surface area contributed by atoms with Crippen LogP contribution in [-0.4, -0.2) is 11.3 Å². The van der Waals surface area contributed by atoms with Gasteiger partial charge in [-0.1, -0.05) is 59.6 Å². The van der Waals surface area contributed by atoms with Gasteiger partial charge in [0.15, 0.2) is 13.6 Å². The predicted octanol–water partition coefficient (Wildman–Crippen LogP) is 6.48. The van der Waals surface area contributed by atoms with E-state index in [0.29, 0.717) is 11.1 Å². The number of carbonyl (C=O) groups excluding carboxylic acids is 2. The van der Waals surface area contributed by atoms with Gasteiger partial charge in [-0.3, -0.25) is 9.59 Å². The van der Waals surface area contributed by atoms with Crippen LogP contribution >= 0.6 is 31.0 Å². The van der Waals surface area contributed by atoms with Crippen molar-refractivity contribution in [2.75, 3.05) is 0 Å². The van der Waals surface area contributed by atoms with Crippen LogP contribution in [0.25, 0.3) is 0 Å². The molecule has 1 atom stereocenters. The Morgan fingerprint density at radius 2 is 1.47 bits per heavy atom. The highest BCUT2D eigenvalue weighted by Gasteiger charge is 2.27. The molecule has 0 heterocycles. The van der Waals surface area contributed by atoms with Gasteiger partial charge >= 0.3 is 0 Å². The summed E-state index contributed by atoms with van der Waals surface area (Å²) in [4.78, 5) is 26.1. The Morgan fingerprint density at radius 1 is 0.833 bits per heavy atom. The summed E-state index contributed by atoms with van der Waals surface area (Å²) in [7, 11) is -3.07. The SMILES string of the molecule is Cc1cc(C)c(C(=O)[PH](=O)c2c(Cl)ccc(C(=O)c3ccccc3)c2Cl)c(C)c1C. The number of benzene rings is 3. The van der Waals surface area contributed by atoms with Crippen molar-refractivity contribution >= 4 is 47.6 Å². The van der Waals surface area contributed by atoms with Crippen LogP contribution in [0.3, 0.4) is 0 Å².